The van der Waals surface area contributed by atoms with Crippen molar-refractivity contribution in [3.63, 3.8) is 0 Å². The Labute approximate surface area is 135 Å². The van der Waals surface area contributed by atoms with Gasteiger partial charge in [-0.1, -0.05) is 34.1 Å². The lowest BCUT2D eigenvalue weighted by atomic mass is 10.1. The zero-order chi connectivity index (χ0) is 15.0. The summed E-state index contributed by atoms with van der Waals surface area (Å²) in [5, 5.41) is 4.78. The van der Waals surface area contributed by atoms with Crippen LogP contribution in [0, 0.1) is 6.92 Å². The highest BCUT2D eigenvalue weighted by Crippen LogP contribution is 2.35. The number of hydrogen-bond donors (Lipinski definition) is 1. The van der Waals surface area contributed by atoms with E-state index >= 15 is 0 Å². The Hall–Kier alpha value is -1.66. The molecule has 0 amide bonds. The second-order valence-electron chi connectivity index (χ2n) is 4.75. The van der Waals surface area contributed by atoms with Gasteiger partial charge in [-0.15, -0.1) is 11.3 Å². The van der Waals surface area contributed by atoms with E-state index < -0.39 is 0 Å². The molecule has 0 saturated carbocycles. The molecule has 0 saturated heterocycles. The molecule has 0 fully saturated rings. The van der Waals surface area contributed by atoms with Gasteiger partial charge in [0.15, 0.2) is 0 Å². The van der Waals surface area contributed by atoms with Gasteiger partial charge in [0.1, 0.15) is 0 Å². The van der Waals surface area contributed by atoms with Gasteiger partial charge in [0, 0.05) is 14.9 Å². The third-order valence-corrected chi connectivity index (χ3v) is 4.95. The highest BCUT2D eigenvalue weighted by atomic mass is 79.9. The van der Waals surface area contributed by atoms with Crippen LogP contribution in [0.4, 0.5) is 5.00 Å². The fraction of sp³-hybridized carbons (Fsp3) is 0.200. The van der Waals surface area contributed by atoms with E-state index in [9.17, 15) is 0 Å². The molecule has 3 aromatic rings. The number of nitrogens with two attached hydrogens (primary N) is 1. The van der Waals surface area contributed by atoms with Gasteiger partial charge in [-0.05, 0) is 37.1 Å². The van der Waals surface area contributed by atoms with E-state index in [4.69, 9.17) is 10.3 Å². The fourth-order valence-corrected chi connectivity index (χ4v) is 3.57. The molecular weight excluding hydrogens is 350 g/mol. The van der Waals surface area contributed by atoms with Gasteiger partial charge in [0.2, 0.25) is 5.82 Å². The molecule has 0 aliphatic carbocycles. The molecule has 108 valence electrons. The van der Waals surface area contributed by atoms with Crippen molar-refractivity contribution in [2.75, 3.05) is 5.73 Å². The second-order valence-corrected chi connectivity index (χ2v) is 6.77. The highest BCUT2D eigenvalue weighted by molar-refractivity contribution is 9.10. The Balaban J connectivity index is 2.01. The van der Waals surface area contributed by atoms with E-state index in [0.717, 1.165) is 22.0 Å². The normalized spacial score (nSPS) is 11.0. The Morgan fingerprint density at radius 2 is 2.10 bits per heavy atom. The first-order valence-electron chi connectivity index (χ1n) is 6.57. The number of nitrogens with zero attached hydrogens (tertiary/aromatic N) is 2. The van der Waals surface area contributed by atoms with Crippen molar-refractivity contribution in [3.8, 4) is 22.8 Å². The van der Waals surface area contributed by atoms with E-state index in [1.807, 2.05) is 31.2 Å². The number of hydrogen-bond acceptors (Lipinski definition) is 5. The van der Waals surface area contributed by atoms with Crippen LogP contribution in [-0.2, 0) is 6.42 Å². The number of nitrogen functional groups attached to an aromatic ring is 1. The first kappa shape index (κ1) is 14.3. The van der Waals surface area contributed by atoms with Crippen LogP contribution in [0.25, 0.3) is 22.8 Å². The maximum Gasteiger partial charge on any atom is 0.261 e. The van der Waals surface area contributed by atoms with E-state index in [-0.39, 0.29) is 0 Å². The monoisotopic (exact) mass is 363 g/mol. The van der Waals surface area contributed by atoms with Crippen LogP contribution < -0.4 is 5.73 Å². The summed E-state index contributed by atoms with van der Waals surface area (Å²) in [5.74, 6) is 1.02. The van der Waals surface area contributed by atoms with E-state index in [1.165, 1.54) is 10.4 Å². The van der Waals surface area contributed by atoms with Crippen LogP contribution in [0.2, 0.25) is 0 Å². The van der Waals surface area contributed by atoms with E-state index in [0.29, 0.717) is 16.7 Å². The Kier molecular flexibility index (Phi) is 3.82. The van der Waals surface area contributed by atoms with Gasteiger partial charge in [0.05, 0.1) is 10.6 Å². The van der Waals surface area contributed by atoms with Crippen LogP contribution in [-0.4, -0.2) is 10.1 Å². The molecule has 1 aromatic carbocycles. The SMILES string of the molecule is CCc1cc(-c2nc(-c3ccc(C)cc3Br)no2)c(N)s1. The number of halogens is 1. The summed E-state index contributed by atoms with van der Waals surface area (Å²) in [7, 11) is 0. The fourth-order valence-electron chi connectivity index (χ4n) is 2.04. The lowest BCUT2D eigenvalue weighted by Crippen LogP contribution is -1.85. The molecule has 0 radical (unpaired) electrons. The van der Waals surface area contributed by atoms with E-state index in [1.54, 1.807) is 11.3 Å². The molecule has 3 rings (SSSR count). The predicted molar refractivity (Wildman–Crippen MR) is 89.3 cm³/mol. The van der Waals surface area contributed by atoms with Crippen molar-refractivity contribution in [1.82, 2.24) is 10.1 Å². The van der Waals surface area contributed by atoms with Gasteiger partial charge in [0.25, 0.3) is 5.89 Å². The van der Waals surface area contributed by atoms with Gasteiger partial charge in [-0.3, -0.25) is 0 Å². The third-order valence-electron chi connectivity index (χ3n) is 3.18. The summed E-state index contributed by atoms with van der Waals surface area (Å²) in [6.07, 6.45) is 0.944. The lowest BCUT2D eigenvalue weighted by molar-refractivity contribution is 0.432. The van der Waals surface area contributed by atoms with Crippen molar-refractivity contribution >= 4 is 32.3 Å². The molecule has 0 aliphatic heterocycles. The standard InChI is InChI=1S/C15H14BrN3OS/c1-3-9-7-11(13(17)21-9)15-18-14(19-20-15)10-5-4-8(2)6-12(10)16/h4-7H,3,17H2,1-2H3. The first-order chi connectivity index (χ1) is 10.1. The number of aromatic nitrogens is 2. The predicted octanol–water partition coefficient (Wildman–Crippen LogP) is 4.68. The van der Waals surface area contributed by atoms with Gasteiger partial charge in [-0.2, -0.15) is 4.98 Å². The molecule has 0 spiro atoms. The van der Waals surface area contributed by atoms with Gasteiger partial charge in [-0.25, -0.2) is 0 Å². The molecule has 2 aromatic heterocycles. The number of aryl methyl sites for hydroxylation is 2. The summed E-state index contributed by atoms with van der Waals surface area (Å²) in [4.78, 5) is 5.68. The average molecular weight is 364 g/mol. The molecule has 2 heterocycles. The molecule has 2 N–H and O–H groups in total. The minimum Gasteiger partial charge on any atom is -0.390 e. The summed E-state index contributed by atoms with van der Waals surface area (Å²) in [6, 6.07) is 8.04. The summed E-state index contributed by atoms with van der Waals surface area (Å²) >= 11 is 5.09. The third kappa shape index (κ3) is 2.73. The first-order valence-corrected chi connectivity index (χ1v) is 8.18. The summed E-state index contributed by atoms with van der Waals surface area (Å²) in [5.41, 5.74) is 8.92. The van der Waals surface area contributed by atoms with Crippen molar-refractivity contribution in [1.29, 1.82) is 0 Å². The van der Waals surface area contributed by atoms with Gasteiger partial charge >= 0.3 is 0 Å². The molecular formula is C15H14BrN3OS. The minimum absolute atomic E-state index is 0.464. The molecule has 0 unspecified atom stereocenters. The van der Waals surface area contributed by atoms with Crippen molar-refractivity contribution in [3.05, 3.63) is 39.2 Å². The topological polar surface area (TPSA) is 64.9 Å². The Morgan fingerprint density at radius 3 is 2.76 bits per heavy atom. The smallest absolute Gasteiger partial charge is 0.261 e. The molecule has 0 bridgehead atoms. The Morgan fingerprint density at radius 1 is 1.29 bits per heavy atom. The molecule has 21 heavy (non-hydrogen) atoms. The van der Waals surface area contributed by atoms with Crippen LogP contribution in [0.3, 0.4) is 0 Å². The molecule has 0 aliphatic rings. The number of thiophene rings is 1. The van der Waals surface area contributed by atoms with Crippen LogP contribution in [0.15, 0.2) is 33.3 Å². The highest BCUT2D eigenvalue weighted by Gasteiger charge is 2.17. The maximum atomic E-state index is 6.03. The van der Waals surface area contributed by atoms with Crippen LogP contribution >= 0.6 is 27.3 Å². The average Bonchev–Trinajstić information content (AvgIpc) is 3.05. The van der Waals surface area contributed by atoms with Crippen molar-refractivity contribution < 1.29 is 4.52 Å². The minimum atomic E-state index is 0.464. The number of rotatable bonds is 3. The largest absolute Gasteiger partial charge is 0.390 e. The molecule has 4 nitrogen and oxygen atoms in total. The van der Waals surface area contributed by atoms with Crippen molar-refractivity contribution in [2.24, 2.45) is 0 Å². The zero-order valence-corrected chi connectivity index (χ0v) is 14.1. The van der Waals surface area contributed by atoms with E-state index in [2.05, 4.69) is 33.0 Å². The summed E-state index contributed by atoms with van der Waals surface area (Å²) < 4.78 is 6.32. The molecule has 0 atom stereocenters. The van der Waals surface area contributed by atoms with Crippen LogP contribution in [0.5, 0.6) is 0 Å². The summed E-state index contributed by atoms with van der Waals surface area (Å²) in [6.45, 7) is 4.13. The zero-order valence-electron chi connectivity index (χ0n) is 11.7. The second kappa shape index (κ2) is 5.61. The Bertz CT molecular complexity index is 794. The maximum absolute atomic E-state index is 6.03. The lowest BCUT2D eigenvalue weighted by Gasteiger charge is -1.99. The van der Waals surface area contributed by atoms with Gasteiger partial charge < -0.3 is 10.3 Å². The van der Waals surface area contributed by atoms with Crippen LogP contribution in [0.1, 0.15) is 17.4 Å². The quantitative estimate of drug-likeness (QED) is 0.733. The number of anilines is 1. The molecule has 6 heteroatoms. The number of benzene rings is 1. The van der Waals surface area contributed by atoms with Crippen molar-refractivity contribution in [2.45, 2.75) is 20.3 Å².